The van der Waals surface area contributed by atoms with Crippen molar-refractivity contribution >= 4 is 34.7 Å². The summed E-state index contributed by atoms with van der Waals surface area (Å²) in [5, 5.41) is 11.0. The van der Waals surface area contributed by atoms with Gasteiger partial charge in [0, 0.05) is 22.5 Å². The number of rotatable bonds is 8. The fourth-order valence-electron chi connectivity index (χ4n) is 6.20. The Balaban J connectivity index is 1.48. The minimum atomic E-state index is -0.770. The number of aryl methyl sites for hydroxylation is 2. The number of thiophene rings is 1. The zero-order valence-corrected chi connectivity index (χ0v) is 27.6. The average Bonchev–Trinajstić information content (AvgIpc) is 3.66. The molecule has 4 heterocycles. The van der Waals surface area contributed by atoms with Crippen LogP contribution in [0.4, 0.5) is 0 Å². The molecule has 1 atom stereocenters. The molecule has 1 aliphatic carbocycles. The van der Waals surface area contributed by atoms with Crippen LogP contribution in [-0.2, 0) is 22.4 Å². The van der Waals surface area contributed by atoms with Crippen LogP contribution in [0.2, 0.25) is 0 Å². The van der Waals surface area contributed by atoms with Gasteiger partial charge >= 0.3 is 5.97 Å². The Labute approximate surface area is 268 Å². The first-order valence-electron chi connectivity index (χ1n) is 15.0. The van der Waals surface area contributed by atoms with Gasteiger partial charge in [-0.1, -0.05) is 17.4 Å². The number of hydrogen-bond donors (Lipinski definition) is 0. The Morgan fingerprint density at radius 3 is 2.60 bits per heavy atom. The van der Waals surface area contributed by atoms with Crippen LogP contribution in [0.25, 0.3) is 11.1 Å². The van der Waals surface area contributed by atoms with E-state index in [1.54, 1.807) is 28.0 Å². The van der Waals surface area contributed by atoms with Crippen LogP contribution in [0.3, 0.4) is 0 Å². The molecule has 0 saturated heterocycles. The van der Waals surface area contributed by atoms with Crippen LogP contribution in [0, 0.1) is 25.2 Å². The molecule has 232 valence electrons. The van der Waals surface area contributed by atoms with Gasteiger partial charge in [0.1, 0.15) is 11.1 Å². The molecule has 1 aliphatic heterocycles. The lowest BCUT2D eigenvalue weighted by atomic mass is 9.96. The normalized spacial score (nSPS) is 15.9. The van der Waals surface area contributed by atoms with Gasteiger partial charge in [-0.05, 0) is 94.3 Å². The molecule has 0 bridgehead atoms. The van der Waals surface area contributed by atoms with Crippen molar-refractivity contribution in [3.8, 4) is 22.6 Å². The van der Waals surface area contributed by atoms with E-state index in [1.165, 1.54) is 35.1 Å². The van der Waals surface area contributed by atoms with Gasteiger partial charge in [-0.2, -0.15) is 5.26 Å². The van der Waals surface area contributed by atoms with Crippen molar-refractivity contribution < 1.29 is 19.0 Å². The van der Waals surface area contributed by atoms with Gasteiger partial charge < -0.3 is 18.8 Å². The number of ether oxygens (including phenoxy) is 3. The van der Waals surface area contributed by atoms with E-state index in [0.717, 1.165) is 53.2 Å². The van der Waals surface area contributed by atoms with Crippen LogP contribution < -0.4 is 24.4 Å². The van der Waals surface area contributed by atoms with Gasteiger partial charge in [0.05, 0.1) is 42.0 Å². The highest BCUT2D eigenvalue weighted by Gasteiger charge is 2.32. The summed E-state index contributed by atoms with van der Waals surface area (Å²) in [6, 6.07) is 9.18. The quantitative estimate of drug-likeness (QED) is 0.250. The molecule has 0 radical (unpaired) electrons. The van der Waals surface area contributed by atoms with E-state index in [2.05, 4.69) is 15.6 Å². The Morgan fingerprint density at radius 2 is 1.87 bits per heavy atom. The Hall–Kier alpha value is -4.40. The number of aromatic nitrogens is 2. The first-order chi connectivity index (χ1) is 21.8. The first-order valence-corrected chi connectivity index (χ1v) is 16.7. The van der Waals surface area contributed by atoms with E-state index >= 15 is 0 Å². The van der Waals surface area contributed by atoms with Gasteiger partial charge in [-0.25, -0.2) is 9.79 Å². The molecule has 0 amide bonds. The van der Waals surface area contributed by atoms with Crippen molar-refractivity contribution in [3.63, 3.8) is 0 Å². The minimum Gasteiger partial charge on any atom is -0.490 e. The number of benzene rings is 1. The zero-order valence-electron chi connectivity index (χ0n) is 25.9. The maximum Gasteiger partial charge on any atom is 0.337 e. The van der Waals surface area contributed by atoms with Crippen molar-refractivity contribution in [2.45, 2.75) is 59.4 Å². The van der Waals surface area contributed by atoms with Crippen molar-refractivity contribution in [2.24, 2.45) is 4.99 Å². The van der Waals surface area contributed by atoms with Crippen LogP contribution in [0.5, 0.6) is 11.5 Å². The lowest BCUT2D eigenvalue weighted by Gasteiger charge is -2.23. The lowest BCUT2D eigenvalue weighted by Crippen LogP contribution is -2.39. The second-order valence-electron chi connectivity index (χ2n) is 10.9. The molecule has 6 rings (SSSR count). The summed E-state index contributed by atoms with van der Waals surface area (Å²) in [5.41, 5.74) is 5.43. The molecule has 2 aliphatic rings. The smallest absolute Gasteiger partial charge is 0.337 e. The third-order valence-electron chi connectivity index (χ3n) is 8.23. The third kappa shape index (κ3) is 5.32. The van der Waals surface area contributed by atoms with Crippen molar-refractivity contribution in [1.29, 1.82) is 5.26 Å². The highest BCUT2D eigenvalue weighted by Crippen LogP contribution is 2.39. The summed E-state index contributed by atoms with van der Waals surface area (Å²) in [4.78, 5) is 33.4. The third-order valence-corrected chi connectivity index (χ3v) is 10.5. The molecule has 0 unspecified atom stereocenters. The van der Waals surface area contributed by atoms with Gasteiger partial charge in [0.15, 0.2) is 16.3 Å². The number of nitrogens with zero attached hydrogens (tertiary/aromatic N) is 4. The van der Waals surface area contributed by atoms with E-state index < -0.39 is 12.0 Å². The van der Waals surface area contributed by atoms with Crippen molar-refractivity contribution in [2.75, 3.05) is 20.3 Å². The lowest BCUT2D eigenvalue weighted by molar-refractivity contribution is -0.136. The maximum absolute atomic E-state index is 14.1. The van der Waals surface area contributed by atoms with Crippen molar-refractivity contribution in [1.82, 2.24) is 9.13 Å². The molecular formula is C34H34N4O5S2. The standard InChI is InChI=1S/C34H34N4O5S2/c1-6-42-26-13-12-21(15-27(26)43-7-2)30-25(33(40)41-5)18-36-34-38(30)31(39)29(45-34)16-22-14-19(3)37(20(22)4)32-24(17-35)23-10-8-9-11-28(23)44-32/h12-16,18,30H,6-11H2,1-5H3/b29-16-/t30-/m1/s1. The number of hydrogen-bond acceptors (Lipinski definition) is 9. The fraction of sp³-hybridized carbons (Fsp3) is 0.353. The van der Waals surface area contributed by atoms with Gasteiger partial charge in [-0.15, -0.1) is 11.3 Å². The zero-order chi connectivity index (χ0) is 31.8. The molecule has 45 heavy (non-hydrogen) atoms. The van der Waals surface area contributed by atoms with Crippen LogP contribution in [0.1, 0.15) is 71.2 Å². The summed E-state index contributed by atoms with van der Waals surface area (Å²) < 4.78 is 20.9. The topological polar surface area (TPSA) is 108 Å². The van der Waals surface area contributed by atoms with E-state index in [-0.39, 0.29) is 11.1 Å². The number of thiazole rings is 1. The minimum absolute atomic E-state index is 0.243. The van der Waals surface area contributed by atoms with E-state index in [0.29, 0.717) is 39.6 Å². The molecule has 1 aromatic carbocycles. The first kappa shape index (κ1) is 30.6. The Bertz CT molecular complexity index is 2070. The molecule has 3 aromatic heterocycles. The molecule has 11 heteroatoms. The molecule has 0 N–H and O–H groups in total. The van der Waals surface area contributed by atoms with Crippen LogP contribution >= 0.6 is 22.7 Å². The Morgan fingerprint density at radius 1 is 1.11 bits per heavy atom. The van der Waals surface area contributed by atoms with E-state index in [1.807, 2.05) is 45.9 Å². The Kier molecular flexibility index (Phi) is 8.53. The predicted molar refractivity (Wildman–Crippen MR) is 174 cm³/mol. The summed E-state index contributed by atoms with van der Waals surface area (Å²) in [6.45, 7) is 8.71. The summed E-state index contributed by atoms with van der Waals surface area (Å²) >= 11 is 2.97. The SMILES string of the molecule is CCOc1ccc([C@@H]2C(C(=O)OC)=CN=c3s/c(=C\c4cc(C)n(-c5sc6c(c5C#N)CCCC6)c4C)c(=O)n32)cc1OCC. The van der Waals surface area contributed by atoms with E-state index in [4.69, 9.17) is 14.2 Å². The number of fused-ring (bicyclic) bond motifs is 2. The molecule has 0 spiro atoms. The summed E-state index contributed by atoms with van der Waals surface area (Å²) in [7, 11) is 1.31. The molecule has 0 fully saturated rings. The van der Waals surface area contributed by atoms with Crippen LogP contribution in [-0.4, -0.2) is 35.4 Å². The second-order valence-corrected chi connectivity index (χ2v) is 13.0. The average molecular weight is 643 g/mol. The number of esters is 1. The second kappa shape index (κ2) is 12.5. The van der Waals surface area contributed by atoms with Gasteiger partial charge in [0.2, 0.25) is 0 Å². The maximum atomic E-state index is 14.1. The van der Waals surface area contributed by atoms with E-state index in [9.17, 15) is 14.9 Å². The number of carbonyl (C=O) groups is 1. The highest BCUT2D eigenvalue weighted by atomic mass is 32.1. The molecule has 9 nitrogen and oxygen atoms in total. The predicted octanol–water partition coefficient (Wildman–Crippen LogP) is 5.04. The molecule has 0 saturated carbocycles. The number of nitriles is 1. The molecular weight excluding hydrogens is 609 g/mol. The number of carbonyl (C=O) groups excluding carboxylic acids is 1. The summed E-state index contributed by atoms with van der Waals surface area (Å²) in [5.74, 6) is 0.542. The van der Waals surface area contributed by atoms with Crippen molar-refractivity contribution in [3.05, 3.63) is 94.2 Å². The fourth-order valence-corrected chi connectivity index (χ4v) is 8.61. The molecule has 4 aromatic rings. The van der Waals surface area contributed by atoms with Gasteiger partial charge in [-0.3, -0.25) is 9.36 Å². The van der Waals surface area contributed by atoms with Gasteiger partial charge in [0.25, 0.3) is 5.56 Å². The monoisotopic (exact) mass is 642 g/mol. The summed E-state index contributed by atoms with van der Waals surface area (Å²) in [6.07, 6.45) is 7.57. The van der Waals surface area contributed by atoms with Crippen LogP contribution in [0.15, 0.2) is 45.8 Å². The largest absolute Gasteiger partial charge is 0.490 e. The highest BCUT2D eigenvalue weighted by molar-refractivity contribution is 7.15. The number of methoxy groups -OCH3 is 1.